The van der Waals surface area contributed by atoms with Crippen molar-refractivity contribution in [2.75, 3.05) is 45.2 Å². The first kappa shape index (κ1) is 15.2. The van der Waals surface area contributed by atoms with Crippen molar-refractivity contribution >= 4 is 17.8 Å². The number of aromatic nitrogens is 2. The number of amides is 2. The lowest BCUT2D eigenvalue weighted by Crippen LogP contribution is -2.41. The van der Waals surface area contributed by atoms with E-state index < -0.39 is 0 Å². The van der Waals surface area contributed by atoms with Gasteiger partial charge in [0.15, 0.2) is 0 Å². The molecule has 0 radical (unpaired) electrons. The summed E-state index contributed by atoms with van der Waals surface area (Å²) in [5.74, 6) is 0.334. The molecule has 0 saturated carbocycles. The van der Waals surface area contributed by atoms with E-state index in [-0.39, 0.29) is 17.7 Å². The predicted molar refractivity (Wildman–Crippen MR) is 78.7 cm³/mol. The molecule has 0 N–H and O–H groups in total. The van der Waals surface area contributed by atoms with Crippen molar-refractivity contribution in [2.45, 2.75) is 6.92 Å². The zero-order chi connectivity index (χ0) is 15.4. The van der Waals surface area contributed by atoms with Crippen LogP contribution in [0.25, 0.3) is 0 Å². The van der Waals surface area contributed by atoms with Gasteiger partial charge in [-0.15, -0.1) is 0 Å². The monoisotopic (exact) mass is 291 g/mol. The summed E-state index contributed by atoms with van der Waals surface area (Å²) < 4.78 is 0. The van der Waals surface area contributed by atoms with Crippen LogP contribution in [0, 0.1) is 5.92 Å². The van der Waals surface area contributed by atoms with E-state index in [0.717, 1.165) is 0 Å². The van der Waals surface area contributed by atoms with Gasteiger partial charge in [0.25, 0.3) is 0 Å². The van der Waals surface area contributed by atoms with Gasteiger partial charge in [0.05, 0.1) is 5.92 Å². The van der Waals surface area contributed by atoms with Crippen LogP contribution in [0.1, 0.15) is 6.92 Å². The van der Waals surface area contributed by atoms with E-state index in [4.69, 9.17) is 0 Å². The molecule has 114 valence electrons. The highest BCUT2D eigenvalue weighted by molar-refractivity contribution is 5.80. The van der Waals surface area contributed by atoms with Crippen molar-refractivity contribution in [3.05, 3.63) is 18.5 Å². The molecule has 1 aromatic rings. The van der Waals surface area contributed by atoms with Crippen molar-refractivity contribution in [3.8, 4) is 0 Å². The van der Waals surface area contributed by atoms with E-state index in [0.29, 0.717) is 32.1 Å². The second-order valence-corrected chi connectivity index (χ2v) is 5.39. The lowest BCUT2D eigenvalue weighted by Gasteiger charge is -2.25. The van der Waals surface area contributed by atoms with Crippen LogP contribution >= 0.6 is 0 Å². The van der Waals surface area contributed by atoms with Crippen molar-refractivity contribution < 1.29 is 9.59 Å². The summed E-state index contributed by atoms with van der Waals surface area (Å²) in [5, 5.41) is 0. The van der Waals surface area contributed by atoms with Gasteiger partial charge in [0.2, 0.25) is 17.8 Å². The molecule has 1 fully saturated rings. The van der Waals surface area contributed by atoms with Crippen LogP contribution in [0.5, 0.6) is 0 Å². The summed E-state index contributed by atoms with van der Waals surface area (Å²) in [5.41, 5.74) is 0. The number of carbonyl (C=O) groups excluding carboxylic acids is 2. The number of hydrogen-bond donors (Lipinski definition) is 0. The molecule has 0 bridgehead atoms. The van der Waals surface area contributed by atoms with Gasteiger partial charge in [-0.05, 0) is 6.07 Å². The maximum absolute atomic E-state index is 12.3. The average molecular weight is 291 g/mol. The molecule has 0 aromatic carbocycles. The average Bonchev–Trinajstić information content (AvgIpc) is 2.70. The first-order valence-electron chi connectivity index (χ1n) is 6.97. The quantitative estimate of drug-likeness (QED) is 0.758. The van der Waals surface area contributed by atoms with Gasteiger partial charge in [0.1, 0.15) is 0 Å². The molecule has 1 aliphatic rings. The maximum Gasteiger partial charge on any atom is 0.228 e. The summed E-state index contributed by atoms with van der Waals surface area (Å²) in [4.78, 5) is 37.7. The Morgan fingerprint density at radius 1 is 1.19 bits per heavy atom. The highest BCUT2D eigenvalue weighted by atomic mass is 16.2. The second kappa shape index (κ2) is 6.51. The standard InChI is InChI=1S/C14H21N5O2/c1-11(20)18-7-8-19(14-15-5-4-6-16-14)10-12(9-18)13(21)17(2)3/h4-6,12H,7-10H2,1-3H3/t12-/m1/s1. The van der Waals surface area contributed by atoms with Gasteiger partial charge < -0.3 is 14.7 Å². The molecule has 0 unspecified atom stereocenters. The maximum atomic E-state index is 12.3. The molecule has 0 aliphatic carbocycles. The van der Waals surface area contributed by atoms with Crippen molar-refractivity contribution in [1.82, 2.24) is 19.8 Å². The third-order valence-corrected chi connectivity index (χ3v) is 3.59. The topological polar surface area (TPSA) is 69.6 Å². The van der Waals surface area contributed by atoms with E-state index >= 15 is 0 Å². The zero-order valence-electron chi connectivity index (χ0n) is 12.7. The van der Waals surface area contributed by atoms with Crippen LogP contribution in [0.4, 0.5) is 5.95 Å². The number of carbonyl (C=O) groups is 2. The fourth-order valence-electron chi connectivity index (χ4n) is 2.46. The molecular formula is C14H21N5O2. The minimum atomic E-state index is -0.268. The van der Waals surface area contributed by atoms with Gasteiger partial charge in [-0.25, -0.2) is 9.97 Å². The molecule has 7 heteroatoms. The normalized spacial score (nSPS) is 19.1. The van der Waals surface area contributed by atoms with Crippen molar-refractivity contribution in [3.63, 3.8) is 0 Å². The van der Waals surface area contributed by atoms with Crippen LogP contribution in [-0.4, -0.2) is 71.9 Å². The Hall–Kier alpha value is -2.18. The summed E-state index contributed by atoms with van der Waals surface area (Å²) in [6.07, 6.45) is 3.36. The van der Waals surface area contributed by atoms with E-state index in [2.05, 4.69) is 9.97 Å². The predicted octanol–water partition coefficient (Wildman–Crippen LogP) is -0.150. The molecule has 21 heavy (non-hydrogen) atoms. The number of anilines is 1. The van der Waals surface area contributed by atoms with Crippen molar-refractivity contribution in [2.24, 2.45) is 5.92 Å². The lowest BCUT2D eigenvalue weighted by molar-refractivity contribution is -0.135. The highest BCUT2D eigenvalue weighted by Crippen LogP contribution is 2.16. The molecule has 1 atom stereocenters. The van der Waals surface area contributed by atoms with Gasteiger partial charge >= 0.3 is 0 Å². The smallest absolute Gasteiger partial charge is 0.228 e. The minimum Gasteiger partial charge on any atom is -0.348 e. The minimum absolute atomic E-state index is 0.0117. The number of hydrogen-bond acceptors (Lipinski definition) is 5. The van der Waals surface area contributed by atoms with Crippen molar-refractivity contribution in [1.29, 1.82) is 0 Å². The highest BCUT2D eigenvalue weighted by Gasteiger charge is 2.30. The van der Waals surface area contributed by atoms with Gasteiger partial charge in [-0.2, -0.15) is 0 Å². The van der Waals surface area contributed by atoms with E-state index in [1.54, 1.807) is 42.4 Å². The molecule has 2 rings (SSSR count). The third-order valence-electron chi connectivity index (χ3n) is 3.59. The first-order valence-corrected chi connectivity index (χ1v) is 6.97. The summed E-state index contributed by atoms with van der Waals surface area (Å²) >= 11 is 0. The number of rotatable bonds is 2. The zero-order valence-corrected chi connectivity index (χ0v) is 12.7. The summed E-state index contributed by atoms with van der Waals surface area (Å²) in [6.45, 7) is 3.69. The van der Waals surface area contributed by atoms with Crippen LogP contribution in [0.15, 0.2) is 18.5 Å². The van der Waals surface area contributed by atoms with Gasteiger partial charge in [0, 0.05) is 59.6 Å². The van der Waals surface area contributed by atoms with E-state index in [1.807, 2.05) is 4.90 Å². The molecule has 2 amide bonds. The molecule has 1 aromatic heterocycles. The Labute approximate surface area is 124 Å². The van der Waals surface area contributed by atoms with Crippen LogP contribution < -0.4 is 4.90 Å². The largest absolute Gasteiger partial charge is 0.348 e. The molecule has 0 spiro atoms. The summed E-state index contributed by atoms with van der Waals surface area (Å²) in [7, 11) is 3.46. The molecular weight excluding hydrogens is 270 g/mol. The first-order chi connectivity index (χ1) is 9.99. The second-order valence-electron chi connectivity index (χ2n) is 5.39. The van der Waals surface area contributed by atoms with Gasteiger partial charge in [-0.1, -0.05) is 0 Å². The van der Waals surface area contributed by atoms with E-state index in [1.165, 1.54) is 6.92 Å². The molecule has 7 nitrogen and oxygen atoms in total. The summed E-state index contributed by atoms with van der Waals surface area (Å²) in [6, 6.07) is 1.76. The van der Waals surface area contributed by atoms with Crippen LogP contribution in [0.2, 0.25) is 0 Å². The Kier molecular flexibility index (Phi) is 4.72. The van der Waals surface area contributed by atoms with Crippen LogP contribution in [0.3, 0.4) is 0 Å². The molecule has 2 heterocycles. The lowest BCUT2D eigenvalue weighted by atomic mass is 10.1. The fourth-order valence-corrected chi connectivity index (χ4v) is 2.46. The van der Waals surface area contributed by atoms with Gasteiger partial charge in [-0.3, -0.25) is 9.59 Å². The Morgan fingerprint density at radius 2 is 1.86 bits per heavy atom. The Morgan fingerprint density at radius 3 is 2.43 bits per heavy atom. The van der Waals surface area contributed by atoms with E-state index in [9.17, 15) is 9.59 Å². The molecule has 1 aliphatic heterocycles. The van der Waals surface area contributed by atoms with Crippen LogP contribution in [-0.2, 0) is 9.59 Å². The third kappa shape index (κ3) is 3.68. The Bertz CT molecular complexity index is 505. The number of nitrogens with zero attached hydrogens (tertiary/aromatic N) is 5. The SMILES string of the molecule is CC(=O)N1CCN(c2ncccn2)C[C@H](C(=O)N(C)C)C1. The molecule has 1 saturated heterocycles. The Balaban J connectivity index is 2.22. The fraction of sp³-hybridized carbons (Fsp3) is 0.571.